The molecule has 0 saturated carbocycles. The zero-order valence-electron chi connectivity index (χ0n) is 13.1. The zero-order valence-corrected chi connectivity index (χ0v) is 13.9. The molecule has 7 heteroatoms. The topological polar surface area (TPSA) is 53.2 Å². The first-order valence-electron chi connectivity index (χ1n) is 7.90. The van der Waals surface area contributed by atoms with Crippen molar-refractivity contribution in [2.75, 3.05) is 32.7 Å². The molecule has 120 valence electrons. The number of amides is 1. The molecule has 0 aliphatic carbocycles. The van der Waals surface area contributed by atoms with Gasteiger partial charge in [0, 0.05) is 43.8 Å². The molecule has 6 nitrogen and oxygen atoms in total. The standard InChI is InChI=1S/C16H19N5OS/c1-12-10-17-16(23-12)20-8-6-19(7-9-20)15(22)13-11-21-5-3-2-4-14(21)18-13/h2-5,11-12H,6-10H2,1H3/t12-/m1/s1. The Labute approximate surface area is 139 Å². The highest BCUT2D eigenvalue weighted by Gasteiger charge is 2.27. The normalized spacial score (nSPS) is 21.8. The molecule has 0 N–H and O–H groups in total. The lowest BCUT2D eigenvalue weighted by atomic mass is 10.3. The lowest BCUT2D eigenvalue weighted by Gasteiger charge is -2.35. The predicted octanol–water partition coefficient (Wildman–Crippen LogP) is 1.58. The van der Waals surface area contributed by atoms with Gasteiger partial charge in [-0.05, 0) is 12.1 Å². The van der Waals surface area contributed by atoms with Crippen molar-refractivity contribution >= 4 is 28.5 Å². The molecule has 2 aromatic rings. The number of hydrogen-bond acceptors (Lipinski definition) is 5. The maximum atomic E-state index is 12.6. The highest BCUT2D eigenvalue weighted by atomic mass is 32.2. The molecule has 2 aliphatic heterocycles. The number of imidazole rings is 1. The maximum absolute atomic E-state index is 12.6. The van der Waals surface area contributed by atoms with Crippen molar-refractivity contribution in [1.29, 1.82) is 0 Å². The lowest BCUT2D eigenvalue weighted by molar-refractivity contribution is 0.0688. The first-order valence-corrected chi connectivity index (χ1v) is 8.78. The first kappa shape index (κ1) is 14.6. The second kappa shape index (κ2) is 5.88. The van der Waals surface area contributed by atoms with Gasteiger partial charge in [0.2, 0.25) is 0 Å². The van der Waals surface area contributed by atoms with E-state index in [0.29, 0.717) is 10.9 Å². The second-order valence-electron chi connectivity index (χ2n) is 5.92. The van der Waals surface area contributed by atoms with Crippen LogP contribution in [0.25, 0.3) is 5.65 Å². The van der Waals surface area contributed by atoms with Crippen molar-refractivity contribution in [2.24, 2.45) is 4.99 Å². The number of aliphatic imine (C=N–C) groups is 1. The minimum absolute atomic E-state index is 0.0164. The summed E-state index contributed by atoms with van der Waals surface area (Å²) in [6, 6.07) is 5.77. The quantitative estimate of drug-likeness (QED) is 0.797. The number of piperazine rings is 1. The maximum Gasteiger partial charge on any atom is 0.274 e. The monoisotopic (exact) mass is 329 g/mol. The Morgan fingerprint density at radius 3 is 2.78 bits per heavy atom. The van der Waals surface area contributed by atoms with Gasteiger partial charge in [-0.1, -0.05) is 24.8 Å². The minimum atomic E-state index is 0.0164. The fourth-order valence-electron chi connectivity index (χ4n) is 2.94. The van der Waals surface area contributed by atoms with Crippen LogP contribution in [-0.2, 0) is 0 Å². The van der Waals surface area contributed by atoms with Crippen LogP contribution in [0.4, 0.5) is 0 Å². The van der Waals surface area contributed by atoms with Crippen LogP contribution in [0.5, 0.6) is 0 Å². The summed E-state index contributed by atoms with van der Waals surface area (Å²) < 4.78 is 1.88. The Balaban J connectivity index is 1.42. The molecule has 0 aromatic carbocycles. The number of thioether (sulfide) groups is 1. The van der Waals surface area contributed by atoms with Gasteiger partial charge in [-0.2, -0.15) is 0 Å². The van der Waals surface area contributed by atoms with E-state index in [4.69, 9.17) is 0 Å². The third kappa shape index (κ3) is 2.81. The number of aromatic nitrogens is 2. The number of fused-ring (bicyclic) bond motifs is 1. The average Bonchev–Trinajstić information content (AvgIpc) is 3.20. The SMILES string of the molecule is C[C@@H]1CN=C(N2CCN(C(=O)c3cn4ccccc4n3)CC2)S1. The minimum Gasteiger partial charge on any atom is -0.348 e. The van der Waals surface area contributed by atoms with Crippen molar-refractivity contribution in [2.45, 2.75) is 12.2 Å². The van der Waals surface area contributed by atoms with E-state index in [2.05, 4.69) is 21.8 Å². The van der Waals surface area contributed by atoms with Crippen LogP contribution in [-0.4, -0.2) is 68.2 Å². The van der Waals surface area contributed by atoms with Gasteiger partial charge in [-0.15, -0.1) is 0 Å². The van der Waals surface area contributed by atoms with Gasteiger partial charge in [-0.3, -0.25) is 9.79 Å². The summed E-state index contributed by atoms with van der Waals surface area (Å²) in [6.45, 7) is 6.24. The Bertz CT molecular complexity index is 730. The molecule has 2 aliphatic rings. The van der Waals surface area contributed by atoms with E-state index in [1.54, 1.807) is 0 Å². The van der Waals surface area contributed by atoms with E-state index in [-0.39, 0.29) is 5.91 Å². The molecule has 1 atom stereocenters. The summed E-state index contributed by atoms with van der Waals surface area (Å²) in [5.41, 5.74) is 1.33. The smallest absolute Gasteiger partial charge is 0.274 e. The molecular formula is C16H19N5OS. The summed E-state index contributed by atoms with van der Waals surface area (Å²) in [4.78, 5) is 25.8. The van der Waals surface area contributed by atoms with Crippen molar-refractivity contribution in [1.82, 2.24) is 19.2 Å². The van der Waals surface area contributed by atoms with Crippen LogP contribution >= 0.6 is 11.8 Å². The number of rotatable bonds is 1. The van der Waals surface area contributed by atoms with Crippen LogP contribution in [0.15, 0.2) is 35.6 Å². The van der Waals surface area contributed by atoms with Crippen LogP contribution < -0.4 is 0 Å². The molecule has 0 spiro atoms. The highest BCUT2D eigenvalue weighted by Crippen LogP contribution is 2.23. The Morgan fingerprint density at radius 1 is 1.26 bits per heavy atom. The third-order valence-corrected chi connectivity index (χ3v) is 5.36. The fourth-order valence-corrected chi connectivity index (χ4v) is 3.93. The van der Waals surface area contributed by atoms with Crippen molar-refractivity contribution in [3.05, 3.63) is 36.3 Å². The predicted molar refractivity (Wildman–Crippen MR) is 92.0 cm³/mol. The lowest BCUT2D eigenvalue weighted by Crippen LogP contribution is -2.50. The first-order chi connectivity index (χ1) is 11.2. The number of amidine groups is 1. The van der Waals surface area contributed by atoms with E-state index in [0.717, 1.165) is 43.5 Å². The van der Waals surface area contributed by atoms with Gasteiger partial charge in [0.25, 0.3) is 5.91 Å². The molecule has 0 bridgehead atoms. The van der Waals surface area contributed by atoms with Crippen LogP contribution in [0.2, 0.25) is 0 Å². The van der Waals surface area contributed by atoms with Crippen LogP contribution in [0, 0.1) is 0 Å². The van der Waals surface area contributed by atoms with Gasteiger partial charge >= 0.3 is 0 Å². The van der Waals surface area contributed by atoms with Gasteiger partial charge in [0.1, 0.15) is 11.3 Å². The third-order valence-electron chi connectivity index (χ3n) is 4.21. The summed E-state index contributed by atoms with van der Waals surface area (Å²) in [7, 11) is 0. The van der Waals surface area contributed by atoms with E-state index >= 15 is 0 Å². The molecule has 1 fully saturated rings. The van der Waals surface area contributed by atoms with Crippen molar-refractivity contribution in [3.63, 3.8) is 0 Å². The van der Waals surface area contributed by atoms with Gasteiger partial charge in [-0.25, -0.2) is 4.98 Å². The van der Waals surface area contributed by atoms with Gasteiger partial charge in [0.05, 0.1) is 6.54 Å². The molecule has 0 radical (unpaired) electrons. The molecule has 0 unspecified atom stereocenters. The zero-order chi connectivity index (χ0) is 15.8. The average molecular weight is 329 g/mol. The largest absolute Gasteiger partial charge is 0.348 e. The molecule has 2 aromatic heterocycles. The molecule has 4 rings (SSSR count). The van der Waals surface area contributed by atoms with Crippen molar-refractivity contribution < 1.29 is 4.79 Å². The number of carbonyl (C=O) groups is 1. The van der Waals surface area contributed by atoms with E-state index in [9.17, 15) is 4.79 Å². The van der Waals surface area contributed by atoms with E-state index < -0.39 is 0 Å². The number of pyridine rings is 1. The molecule has 1 saturated heterocycles. The Hall–Kier alpha value is -2.02. The number of carbonyl (C=O) groups excluding carboxylic acids is 1. The number of nitrogens with zero attached hydrogens (tertiary/aromatic N) is 5. The molecule has 23 heavy (non-hydrogen) atoms. The molecular weight excluding hydrogens is 310 g/mol. The Kier molecular flexibility index (Phi) is 3.72. The summed E-state index contributed by atoms with van der Waals surface area (Å²) in [5.74, 6) is 0.0164. The van der Waals surface area contributed by atoms with Gasteiger partial charge < -0.3 is 14.2 Å². The van der Waals surface area contributed by atoms with Crippen LogP contribution in [0.3, 0.4) is 0 Å². The summed E-state index contributed by atoms with van der Waals surface area (Å²) >= 11 is 1.84. The number of hydrogen-bond donors (Lipinski definition) is 0. The molecule has 1 amide bonds. The van der Waals surface area contributed by atoms with E-state index in [1.807, 2.05) is 51.7 Å². The highest BCUT2D eigenvalue weighted by molar-refractivity contribution is 8.14. The Morgan fingerprint density at radius 2 is 2.09 bits per heavy atom. The van der Waals surface area contributed by atoms with Crippen LogP contribution in [0.1, 0.15) is 17.4 Å². The van der Waals surface area contributed by atoms with Crippen molar-refractivity contribution in [3.8, 4) is 0 Å². The fraction of sp³-hybridized carbons (Fsp3) is 0.438. The van der Waals surface area contributed by atoms with Gasteiger partial charge in [0.15, 0.2) is 5.17 Å². The van der Waals surface area contributed by atoms with E-state index in [1.165, 1.54) is 0 Å². The molecule has 4 heterocycles. The second-order valence-corrected chi connectivity index (χ2v) is 7.33. The summed E-state index contributed by atoms with van der Waals surface area (Å²) in [6.07, 6.45) is 3.72. The summed E-state index contributed by atoms with van der Waals surface area (Å²) in [5, 5.41) is 1.71.